The van der Waals surface area contributed by atoms with Crippen LogP contribution in [0.25, 0.3) is 0 Å². The second-order valence-corrected chi connectivity index (χ2v) is 12.0. The smallest absolute Gasteiger partial charge is 0.196 e. The van der Waals surface area contributed by atoms with E-state index in [1.807, 2.05) is 54.6 Å². The predicted molar refractivity (Wildman–Crippen MR) is 173 cm³/mol. The lowest BCUT2D eigenvalue weighted by molar-refractivity contribution is 0.103. The van der Waals surface area contributed by atoms with E-state index >= 15 is 0 Å². The molecule has 40 heavy (non-hydrogen) atoms. The molecule has 0 N–H and O–H groups in total. The summed E-state index contributed by atoms with van der Waals surface area (Å²) in [6.45, 7) is 4.24. The molecule has 0 heterocycles. The molecule has 0 aliphatic carbocycles. The Kier molecular flexibility index (Phi) is 19.2. The first-order chi connectivity index (χ1) is 19.6. The first-order valence-electron chi connectivity index (χ1n) is 16.6. The van der Waals surface area contributed by atoms with Crippen LogP contribution < -0.4 is 4.74 Å². The van der Waals surface area contributed by atoms with Crippen LogP contribution >= 0.6 is 0 Å². The predicted octanol–water partition coefficient (Wildman–Crippen LogP) is 10.5. The number of benzene rings is 2. The Balaban J connectivity index is 1.54. The fraction of sp³-hybridized carbons (Fsp3) is 0.649. The second-order valence-electron chi connectivity index (χ2n) is 12.0. The van der Waals surface area contributed by atoms with Gasteiger partial charge in [0.1, 0.15) is 5.75 Å². The summed E-state index contributed by atoms with van der Waals surface area (Å²) in [5.74, 6) is 1.65. The van der Waals surface area contributed by atoms with Crippen LogP contribution in [0.5, 0.6) is 5.75 Å². The molecule has 1 atom stereocenters. The van der Waals surface area contributed by atoms with Gasteiger partial charge >= 0.3 is 0 Å². The lowest BCUT2D eigenvalue weighted by Crippen LogP contribution is -2.12. The molecular formula is C37H59NO2. The van der Waals surface area contributed by atoms with Crippen molar-refractivity contribution in [2.24, 2.45) is 5.92 Å². The molecule has 2 aromatic rings. The zero-order chi connectivity index (χ0) is 28.7. The van der Waals surface area contributed by atoms with Crippen molar-refractivity contribution < 1.29 is 9.53 Å². The molecule has 0 radical (unpaired) electrons. The van der Waals surface area contributed by atoms with Crippen molar-refractivity contribution in [2.45, 2.75) is 122 Å². The number of para-hydroxylation sites is 1. The number of carbonyl (C=O) groups excluding carboxylic acids is 1. The van der Waals surface area contributed by atoms with E-state index in [2.05, 4.69) is 25.9 Å². The van der Waals surface area contributed by atoms with Crippen LogP contribution in [0.3, 0.4) is 0 Å². The zero-order valence-corrected chi connectivity index (χ0v) is 26.2. The van der Waals surface area contributed by atoms with E-state index in [-0.39, 0.29) is 5.78 Å². The van der Waals surface area contributed by atoms with Crippen LogP contribution in [-0.2, 0) is 0 Å². The van der Waals surface area contributed by atoms with Crippen LogP contribution in [0, 0.1) is 5.92 Å². The number of nitrogens with zero attached hydrogens (tertiary/aromatic N) is 1. The Labute approximate surface area is 247 Å². The monoisotopic (exact) mass is 549 g/mol. The highest BCUT2D eigenvalue weighted by atomic mass is 16.5. The van der Waals surface area contributed by atoms with Crippen molar-refractivity contribution in [3.8, 4) is 5.75 Å². The largest absolute Gasteiger partial charge is 0.493 e. The molecule has 0 aliphatic heterocycles. The van der Waals surface area contributed by atoms with E-state index in [0.717, 1.165) is 12.3 Å². The van der Waals surface area contributed by atoms with Crippen molar-refractivity contribution in [3.63, 3.8) is 0 Å². The summed E-state index contributed by atoms with van der Waals surface area (Å²) in [6.07, 6.45) is 24.5. The van der Waals surface area contributed by atoms with E-state index in [0.29, 0.717) is 23.5 Å². The van der Waals surface area contributed by atoms with Gasteiger partial charge in [0.15, 0.2) is 5.78 Å². The highest BCUT2D eigenvalue weighted by Crippen LogP contribution is 2.25. The third kappa shape index (κ3) is 15.6. The van der Waals surface area contributed by atoms with Crippen LogP contribution in [0.15, 0.2) is 54.6 Å². The topological polar surface area (TPSA) is 29.5 Å². The fourth-order valence-electron chi connectivity index (χ4n) is 5.62. The minimum atomic E-state index is 0.0282. The van der Waals surface area contributed by atoms with Crippen molar-refractivity contribution in [2.75, 3.05) is 27.2 Å². The van der Waals surface area contributed by atoms with Crippen molar-refractivity contribution in [1.82, 2.24) is 4.90 Å². The molecular weight excluding hydrogens is 490 g/mol. The molecule has 1 unspecified atom stereocenters. The molecule has 3 nitrogen and oxygen atoms in total. The molecule has 224 valence electrons. The normalized spacial score (nSPS) is 12.1. The minimum absolute atomic E-state index is 0.0282. The number of hydrogen-bond acceptors (Lipinski definition) is 3. The summed E-state index contributed by atoms with van der Waals surface area (Å²) in [7, 11) is 4.34. The van der Waals surface area contributed by atoms with Crippen molar-refractivity contribution >= 4 is 5.78 Å². The van der Waals surface area contributed by atoms with Gasteiger partial charge in [0.05, 0.1) is 12.2 Å². The number of unbranched alkanes of at least 4 members (excludes halogenated alkanes) is 12. The Morgan fingerprint density at radius 3 is 1.80 bits per heavy atom. The van der Waals surface area contributed by atoms with E-state index in [9.17, 15) is 4.79 Å². The number of ketones is 1. The Hall–Kier alpha value is -2.13. The molecule has 0 saturated carbocycles. The standard InChI is InChI=1S/C37H59NO2/c1-4-5-24-33(25-16-11-9-7-6-8-10-13-22-31-38(2)3)26-17-12-14-23-32-40-36-30-21-20-29-35(36)37(39)34-27-18-15-19-28-34/h15,18-21,27-30,33H,4-14,16-17,22-26,31-32H2,1-3H3. The van der Waals surface area contributed by atoms with Gasteiger partial charge in [0.2, 0.25) is 0 Å². The molecule has 2 aromatic carbocycles. The summed E-state index contributed by atoms with van der Waals surface area (Å²) in [6, 6.07) is 17.1. The van der Waals surface area contributed by atoms with Gasteiger partial charge in [0.25, 0.3) is 0 Å². The van der Waals surface area contributed by atoms with Crippen molar-refractivity contribution in [1.29, 1.82) is 0 Å². The van der Waals surface area contributed by atoms with E-state index < -0.39 is 0 Å². The molecule has 0 spiro atoms. The third-order valence-corrected chi connectivity index (χ3v) is 8.12. The van der Waals surface area contributed by atoms with Gasteiger partial charge in [-0.1, -0.05) is 152 Å². The van der Waals surface area contributed by atoms with Gasteiger partial charge in [-0.05, 0) is 51.5 Å². The number of ether oxygens (including phenoxy) is 1. The average molecular weight is 550 g/mol. The molecule has 2 rings (SSSR count). The number of rotatable bonds is 25. The van der Waals surface area contributed by atoms with Crippen LogP contribution in [0.4, 0.5) is 0 Å². The maximum absolute atomic E-state index is 12.9. The van der Waals surface area contributed by atoms with Crippen LogP contribution in [0.2, 0.25) is 0 Å². The quantitative estimate of drug-likeness (QED) is 0.0911. The summed E-state index contributed by atoms with van der Waals surface area (Å²) >= 11 is 0. The summed E-state index contributed by atoms with van der Waals surface area (Å²) in [5.41, 5.74) is 1.36. The fourth-order valence-corrected chi connectivity index (χ4v) is 5.62. The van der Waals surface area contributed by atoms with E-state index in [1.165, 1.54) is 116 Å². The minimum Gasteiger partial charge on any atom is -0.493 e. The molecule has 3 heteroatoms. The molecule has 0 bridgehead atoms. The van der Waals surface area contributed by atoms with Gasteiger partial charge in [0, 0.05) is 5.56 Å². The molecule has 0 amide bonds. The maximum Gasteiger partial charge on any atom is 0.196 e. The van der Waals surface area contributed by atoms with Gasteiger partial charge in [-0.25, -0.2) is 0 Å². The van der Waals surface area contributed by atoms with Gasteiger partial charge in [-0.2, -0.15) is 0 Å². The zero-order valence-electron chi connectivity index (χ0n) is 26.2. The summed E-state index contributed by atoms with van der Waals surface area (Å²) in [5, 5.41) is 0. The molecule has 0 aromatic heterocycles. The highest BCUT2D eigenvalue weighted by Gasteiger charge is 2.14. The van der Waals surface area contributed by atoms with Crippen molar-refractivity contribution in [3.05, 3.63) is 65.7 Å². The van der Waals surface area contributed by atoms with E-state index in [1.54, 1.807) is 0 Å². The first-order valence-corrected chi connectivity index (χ1v) is 16.6. The summed E-state index contributed by atoms with van der Waals surface area (Å²) in [4.78, 5) is 15.2. The lowest BCUT2D eigenvalue weighted by atomic mass is 9.90. The maximum atomic E-state index is 12.9. The molecule has 0 saturated heterocycles. The average Bonchev–Trinajstić information content (AvgIpc) is 2.97. The Morgan fingerprint density at radius 1 is 0.650 bits per heavy atom. The SMILES string of the molecule is CCCCC(CCCCCCCCCCCN(C)C)CCCCCCOc1ccccc1C(=O)c1ccccc1. The van der Waals surface area contributed by atoms with Crippen LogP contribution in [0.1, 0.15) is 138 Å². The second kappa shape index (κ2) is 22.5. The van der Waals surface area contributed by atoms with Gasteiger partial charge in [-0.15, -0.1) is 0 Å². The first kappa shape index (κ1) is 34.1. The molecule has 0 aliphatic rings. The number of hydrogen-bond donors (Lipinski definition) is 0. The third-order valence-electron chi connectivity index (χ3n) is 8.12. The lowest BCUT2D eigenvalue weighted by Gasteiger charge is -2.16. The van der Waals surface area contributed by atoms with Gasteiger partial charge in [-0.3, -0.25) is 4.79 Å². The van der Waals surface area contributed by atoms with Crippen LogP contribution in [-0.4, -0.2) is 37.9 Å². The summed E-state index contributed by atoms with van der Waals surface area (Å²) < 4.78 is 6.06. The Morgan fingerprint density at radius 2 is 1.18 bits per heavy atom. The van der Waals surface area contributed by atoms with E-state index in [4.69, 9.17) is 4.74 Å². The Bertz CT molecular complexity index is 879. The highest BCUT2D eigenvalue weighted by molar-refractivity contribution is 6.10. The number of carbonyl (C=O) groups is 1. The molecule has 0 fully saturated rings. The van der Waals surface area contributed by atoms with Gasteiger partial charge < -0.3 is 9.64 Å².